The van der Waals surface area contributed by atoms with Crippen LogP contribution in [-0.4, -0.2) is 26.5 Å². The van der Waals surface area contributed by atoms with Crippen LogP contribution in [0.15, 0.2) is 27.9 Å². The molecule has 0 aromatic carbocycles. The van der Waals surface area contributed by atoms with Crippen molar-refractivity contribution in [3.8, 4) is 0 Å². The highest BCUT2D eigenvalue weighted by molar-refractivity contribution is 7.91. The number of thiazole rings is 1. The van der Waals surface area contributed by atoms with Gasteiger partial charge in [-0.3, -0.25) is 0 Å². The maximum atomic E-state index is 11.2. The minimum Gasteiger partial charge on any atom is -0.348 e. The van der Waals surface area contributed by atoms with Gasteiger partial charge in [-0.2, -0.15) is 0 Å². The van der Waals surface area contributed by atoms with Gasteiger partial charge in [0.1, 0.15) is 0 Å². The van der Waals surface area contributed by atoms with Crippen molar-refractivity contribution >= 4 is 37.8 Å². The lowest BCUT2D eigenvalue weighted by Crippen LogP contribution is -2.30. The molecule has 0 spiro atoms. The van der Waals surface area contributed by atoms with Crippen LogP contribution in [0.25, 0.3) is 0 Å². The van der Waals surface area contributed by atoms with Gasteiger partial charge in [0.05, 0.1) is 6.20 Å². The minimum atomic E-state index is -3.66. The molecule has 104 valence electrons. The van der Waals surface area contributed by atoms with Gasteiger partial charge in [-0.05, 0) is 18.4 Å². The van der Waals surface area contributed by atoms with Crippen LogP contribution >= 0.6 is 22.7 Å². The smallest absolute Gasteiger partial charge is 0.249 e. The molecule has 5 nitrogen and oxygen atoms in total. The number of sulfonamides is 1. The lowest BCUT2D eigenvalue weighted by atomic mass is 10.2. The Balaban J connectivity index is 2.11. The van der Waals surface area contributed by atoms with E-state index in [0.29, 0.717) is 5.13 Å². The van der Waals surface area contributed by atoms with Gasteiger partial charge in [0, 0.05) is 24.4 Å². The third-order valence-corrected chi connectivity index (χ3v) is 6.19. The summed E-state index contributed by atoms with van der Waals surface area (Å²) in [6.07, 6.45) is 2.21. The van der Waals surface area contributed by atoms with E-state index in [0.717, 1.165) is 17.8 Å². The fraction of sp³-hybridized carbons (Fsp3) is 0.364. The van der Waals surface area contributed by atoms with Gasteiger partial charge >= 0.3 is 0 Å². The van der Waals surface area contributed by atoms with E-state index in [1.54, 1.807) is 11.3 Å². The van der Waals surface area contributed by atoms with Crippen molar-refractivity contribution in [2.45, 2.75) is 23.6 Å². The molecule has 0 aliphatic carbocycles. The zero-order chi connectivity index (χ0) is 14.0. The molecule has 2 aromatic heterocycles. The monoisotopic (exact) mass is 317 g/mol. The van der Waals surface area contributed by atoms with E-state index in [9.17, 15) is 8.42 Å². The van der Waals surface area contributed by atoms with Crippen molar-refractivity contribution in [1.82, 2.24) is 4.98 Å². The number of anilines is 1. The largest absolute Gasteiger partial charge is 0.348 e. The van der Waals surface area contributed by atoms with Gasteiger partial charge in [-0.1, -0.05) is 17.4 Å². The fourth-order valence-corrected chi connectivity index (χ4v) is 4.02. The zero-order valence-electron chi connectivity index (χ0n) is 10.6. The van der Waals surface area contributed by atoms with Crippen molar-refractivity contribution in [1.29, 1.82) is 0 Å². The second-order valence-corrected chi connectivity index (χ2v) is 8.08. The molecule has 1 unspecified atom stereocenters. The van der Waals surface area contributed by atoms with Crippen LogP contribution < -0.4 is 10.0 Å². The van der Waals surface area contributed by atoms with Crippen LogP contribution in [0.5, 0.6) is 0 Å². The van der Waals surface area contributed by atoms with Crippen LogP contribution in [0.2, 0.25) is 0 Å². The number of hydrogen-bond donors (Lipinski definition) is 1. The Morgan fingerprint density at radius 2 is 2.26 bits per heavy atom. The number of likely N-dealkylation sites (N-methyl/N-ethyl adjacent to an activating group) is 1. The molecule has 0 aliphatic rings. The van der Waals surface area contributed by atoms with E-state index in [2.05, 4.69) is 18.0 Å². The van der Waals surface area contributed by atoms with Gasteiger partial charge in [0.2, 0.25) is 10.0 Å². The van der Waals surface area contributed by atoms with Crippen molar-refractivity contribution < 1.29 is 8.42 Å². The first-order valence-corrected chi connectivity index (χ1v) is 8.86. The third kappa shape index (κ3) is 3.53. The molecular formula is C11H15N3O2S3. The summed E-state index contributed by atoms with van der Waals surface area (Å²) in [5.41, 5.74) is 0. The lowest BCUT2D eigenvalue weighted by Gasteiger charge is -2.23. The third-order valence-electron chi connectivity index (χ3n) is 2.79. The topological polar surface area (TPSA) is 76.3 Å². The van der Waals surface area contributed by atoms with Crippen LogP contribution in [0.3, 0.4) is 0 Å². The summed E-state index contributed by atoms with van der Waals surface area (Å²) in [5.74, 6) is 0. The molecule has 0 saturated carbocycles. The summed E-state index contributed by atoms with van der Waals surface area (Å²) >= 11 is 2.81. The summed E-state index contributed by atoms with van der Waals surface area (Å²) in [4.78, 5) is 7.39. The Kier molecular flexibility index (Phi) is 4.24. The number of thiophene rings is 1. The Morgan fingerprint density at radius 3 is 2.79 bits per heavy atom. The van der Waals surface area contributed by atoms with E-state index in [1.165, 1.54) is 11.1 Å². The number of rotatable bonds is 5. The molecule has 0 bridgehead atoms. The molecule has 19 heavy (non-hydrogen) atoms. The van der Waals surface area contributed by atoms with Crippen molar-refractivity contribution in [3.63, 3.8) is 0 Å². The Morgan fingerprint density at radius 1 is 1.53 bits per heavy atom. The molecule has 2 N–H and O–H groups in total. The maximum absolute atomic E-state index is 11.2. The van der Waals surface area contributed by atoms with Gasteiger partial charge < -0.3 is 4.90 Å². The molecular weight excluding hydrogens is 302 g/mol. The molecule has 0 aliphatic heterocycles. The normalized spacial score (nSPS) is 13.4. The number of aromatic nitrogens is 1. The Bertz CT molecular complexity index is 634. The van der Waals surface area contributed by atoms with Crippen LogP contribution in [0, 0.1) is 0 Å². The highest BCUT2D eigenvalue weighted by Gasteiger charge is 2.18. The lowest BCUT2D eigenvalue weighted by molar-refractivity contribution is 0.599. The van der Waals surface area contributed by atoms with Gasteiger partial charge in [0.25, 0.3) is 0 Å². The van der Waals surface area contributed by atoms with Crippen LogP contribution in [0.1, 0.15) is 11.8 Å². The fourth-order valence-electron chi connectivity index (χ4n) is 1.59. The molecule has 1 atom stereocenters. The summed E-state index contributed by atoms with van der Waals surface area (Å²) in [5, 5.41) is 7.79. The van der Waals surface area contributed by atoms with Crippen molar-refractivity contribution in [3.05, 3.63) is 28.6 Å². The van der Waals surface area contributed by atoms with Crippen LogP contribution in [0.4, 0.5) is 5.13 Å². The van der Waals surface area contributed by atoms with E-state index in [1.807, 2.05) is 23.4 Å². The molecule has 0 radical (unpaired) electrons. The van der Waals surface area contributed by atoms with E-state index < -0.39 is 10.0 Å². The first kappa shape index (κ1) is 14.4. The summed E-state index contributed by atoms with van der Waals surface area (Å²) in [6, 6.07) is 4.35. The summed E-state index contributed by atoms with van der Waals surface area (Å²) in [7, 11) is -1.75. The highest BCUT2D eigenvalue weighted by Crippen LogP contribution is 2.26. The summed E-state index contributed by atoms with van der Waals surface area (Å²) < 4.78 is 22.5. The number of primary sulfonamides is 1. The molecule has 0 fully saturated rings. The van der Waals surface area contributed by atoms with E-state index in [4.69, 9.17) is 5.14 Å². The molecule has 8 heteroatoms. The maximum Gasteiger partial charge on any atom is 0.249 e. The quantitative estimate of drug-likeness (QED) is 0.914. The summed E-state index contributed by atoms with van der Waals surface area (Å²) in [6.45, 7) is 2.08. The number of nitrogens with two attached hydrogens (primary N) is 1. The standard InChI is InChI=1S/C11H15N3O2S3/c1-8(6-9-4-3-5-17-9)14(2)11-13-7-10(18-11)19(12,15)16/h3-5,7-8H,6H2,1-2H3,(H2,12,15,16). The van der Waals surface area contributed by atoms with Crippen molar-refractivity contribution in [2.24, 2.45) is 5.14 Å². The number of nitrogens with zero attached hydrogens (tertiary/aromatic N) is 2. The Hall–Kier alpha value is -0.960. The second-order valence-electron chi connectivity index (χ2n) is 4.25. The predicted octanol–water partition coefficient (Wildman–Crippen LogP) is 1.92. The second kappa shape index (κ2) is 5.58. The Labute approximate surface area is 120 Å². The number of hydrogen-bond acceptors (Lipinski definition) is 6. The molecule has 2 rings (SSSR count). The van der Waals surface area contributed by atoms with E-state index in [-0.39, 0.29) is 10.3 Å². The average molecular weight is 317 g/mol. The minimum absolute atomic E-state index is 0.0951. The molecule has 2 aromatic rings. The zero-order valence-corrected chi connectivity index (χ0v) is 13.1. The SMILES string of the molecule is CC(Cc1cccs1)N(C)c1ncc(S(N)(=O)=O)s1. The average Bonchev–Trinajstić information content (AvgIpc) is 2.97. The van der Waals surface area contributed by atoms with E-state index >= 15 is 0 Å². The van der Waals surface area contributed by atoms with Gasteiger partial charge in [0.15, 0.2) is 9.34 Å². The first-order valence-electron chi connectivity index (χ1n) is 5.62. The predicted molar refractivity (Wildman–Crippen MR) is 79.4 cm³/mol. The van der Waals surface area contributed by atoms with Gasteiger partial charge in [-0.15, -0.1) is 11.3 Å². The molecule has 0 amide bonds. The van der Waals surface area contributed by atoms with Gasteiger partial charge in [-0.25, -0.2) is 18.5 Å². The first-order chi connectivity index (χ1) is 8.88. The van der Waals surface area contributed by atoms with Crippen LogP contribution in [-0.2, 0) is 16.4 Å². The molecule has 2 heterocycles. The van der Waals surface area contributed by atoms with Crippen molar-refractivity contribution in [2.75, 3.05) is 11.9 Å². The highest BCUT2D eigenvalue weighted by atomic mass is 32.2. The molecule has 0 saturated heterocycles.